The molecule has 0 aliphatic carbocycles. The van der Waals surface area contributed by atoms with E-state index in [1.165, 1.54) is 12.1 Å². The fraction of sp³-hybridized carbons (Fsp3) is 0.455. The molecule has 0 saturated carbocycles. The predicted octanol–water partition coefficient (Wildman–Crippen LogP) is 3.35. The molecule has 18 heavy (non-hydrogen) atoms. The van der Waals surface area contributed by atoms with Gasteiger partial charge in [0.25, 0.3) is 0 Å². The molecule has 3 nitrogen and oxygen atoms in total. The summed E-state index contributed by atoms with van der Waals surface area (Å²) in [5, 5.41) is 0. The monoisotopic (exact) mass is 373 g/mol. The zero-order chi connectivity index (χ0) is 13.8. The van der Waals surface area contributed by atoms with E-state index in [2.05, 4.69) is 20.7 Å². The quantitative estimate of drug-likeness (QED) is 0.776. The number of benzene rings is 1. The summed E-state index contributed by atoms with van der Waals surface area (Å²) in [7, 11) is -3.61. The van der Waals surface area contributed by atoms with Crippen LogP contribution in [-0.2, 0) is 10.0 Å². The van der Waals surface area contributed by atoms with Crippen LogP contribution in [-0.4, -0.2) is 25.7 Å². The van der Waals surface area contributed by atoms with Crippen LogP contribution in [0.25, 0.3) is 0 Å². The Morgan fingerprint density at radius 2 is 1.72 bits per heavy atom. The number of hydrogen-bond donors (Lipinski definition) is 1. The topological polar surface area (TPSA) is 46.2 Å². The minimum Gasteiger partial charge on any atom is -0.207 e. The third kappa shape index (κ3) is 3.84. The lowest BCUT2D eigenvalue weighted by Gasteiger charge is -2.29. The van der Waals surface area contributed by atoms with Gasteiger partial charge in [0.15, 0.2) is 0 Å². The molecule has 0 bridgehead atoms. The number of rotatable bonds is 6. The number of sulfonamides is 1. The van der Waals surface area contributed by atoms with Crippen LogP contribution in [0.5, 0.6) is 0 Å². The molecule has 0 radical (unpaired) electrons. The van der Waals surface area contributed by atoms with Gasteiger partial charge in [-0.25, -0.2) is 13.1 Å². The molecule has 7 heteroatoms. The van der Waals surface area contributed by atoms with Crippen molar-refractivity contribution in [2.24, 2.45) is 0 Å². The van der Waals surface area contributed by atoms with Crippen LogP contribution in [0.1, 0.15) is 13.3 Å². The van der Waals surface area contributed by atoms with E-state index < -0.39 is 15.6 Å². The van der Waals surface area contributed by atoms with Crippen molar-refractivity contribution in [2.45, 2.75) is 23.8 Å². The fourth-order valence-corrected chi connectivity index (χ4v) is 4.00. The number of hydrogen-bond acceptors (Lipinski definition) is 2. The lowest BCUT2D eigenvalue weighted by atomic mass is 10.0. The minimum absolute atomic E-state index is 0.128. The van der Waals surface area contributed by atoms with E-state index >= 15 is 0 Å². The largest absolute Gasteiger partial charge is 0.241 e. The Bertz CT molecular complexity index is 478. The van der Waals surface area contributed by atoms with E-state index in [0.29, 0.717) is 6.42 Å². The Balaban J connectivity index is 3.04. The van der Waals surface area contributed by atoms with Gasteiger partial charge in [0.1, 0.15) is 0 Å². The maximum Gasteiger partial charge on any atom is 0.241 e. The second-order valence-corrected chi connectivity index (χ2v) is 7.09. The van der Waals surface area contributed by atoms with Gasteiger partial charge in [-0.15, -0.1) is 23.2 Å². The van der Waals surface area contributed by atoms with E-state index in [1.807, 2.05) is 6.92 Å². The van der Waals surface area contributed by atoms with Crippen LogP contribution in [0.3, 0.4) is 0 Å². The summed E-state index contributed by atoms with van der Waals surface area (Å²) in [6.07, 6.45) is 0.524. The normalized spacial score (nSPS) is 12.7. The summed E-state index contributed by atoms with van der Waals surface area (Å²) in [6, 6.07) is 6.39. The van der Waals surface area contributed by atoms with Crippen LogP contribution in [0.15, 0.2) is 33.6 Å². The van der Waals surface area contributed by atoms with E-state index in [1.54, 1.807) is 12.1 Å². The Hall–Kier alpha value is 0.190. The zero-order valence-corrected chi connectivity index (χ0v) is 13.7. The first-order valence-corrected chi connectivity index (χ1v) is 8.65. The number of alkyl halides is 2. The smallest absolute Gasteiger partial charge is 0.207 e. The Labute approximate surface area is 126 Å². The van der Waals surface area contributed by atoms with Crippen LogP contribution in [0, 0.1) is 0 Å². The molecule has 0 amide bonds. The first kappa shape index (κ1) is 16.2. The maximum absolute atomic E-state index is 12.2. The third-order valence-corrected chi connectivity index (χ3v) is 5.81. The molecule has 0 aliphatic heterocycles. The molecule has 102 valence electrons. The van der Waals surface area contributed by atoms with Crippen molar-refractivity contribution < 1.29 is 8.42 Å². The molecule has 1 aromatic carbocycles. The Morgan fingerprint density at radius 1 is 1.22 bits per heavy atom. The van der Waals surface area contributed by atoms with Crippen molar-refractivity contribution in [3.05, 3.63) is 28.7 Å². The average molecular weight is 375 g/mol. The van der Waals surface area contributed by atoms with Crippen molar-refractivity contribution in [3.8, 4) is 0 Å². The molecule has 0 fully saturated rings. The van der Waals surface area contributed by atoms with Crippen molar-refractivity contribution in [1.82, 2.24) is 4.72 Å². The van der Waals surface area contributed by atoms with Crippen molar-refractivity contribution >= 4 is 49.2 Å². The van der Waals surface area contributed by atoms with Crippen molar-refractivity contribution in [2.75, 3.05) is 11.8 Å². The Morgan fingerprint density at radius 3 is 2.11 bits per heavy atom. The van der Waals surface area contributed by atoms with Crippen LogP contribution in [0.2, 0.25) is 0 Å². The van der Waals surface area contributed by atoms with Gasteiger partial charge in [-0.05, 0) is 30.7 Å². The fourth-order valence-electron chi connectivity index (χ4n) is 1.31. The zero-order valence-electron chi connectivity index (χ0n) is 9.79. The van der Waals surface area contributed by atoms with Gasteiger partial charge >= 0.3 is 0 Å². The van der Waals surface area contributed by atoms with Gasteiger partial charge in [0.05, 0.1) is 10.4 Å². The highest BCUT2D eigenvalue weighted by molar-refractivity contribution is 9.10. The second kappa shape index (κ2) is 6.57. The lowest BCUT2D eigenvalue weighted by Crippen LogP contribution is -2.51. The van der Waals surface area contributed by atoms with Crippen LogP contribution in [0.4, 0.5) is 0 Å². The predicted molar refractivity (Wildman–Crippen MR) is 78.9 cm³/mol. The molecule has 0 heterocycles. The van der Waals surface area contributed by atoms with E-state index in [-0.39, 0.29) is 16.7 Å². The number of nitrogens with one attached hydrogen (secondary N) is 1. The van der Waals surface area contributed by atoms with Crippen molar-refractivity contribution in [1.29, 1.82) is 0 Å². The molecule has 0 aromatic heterocycles. The summed E-state index contributed by atoms with van der Waals surface area (Å²) in [5.74, 6) is 0.255. The molecule has 0 atom stereocenters. The maximum atomic E-state index is 12.2. The van der Waals surface area contributed by atoms with Gasteiger partial charge in [0, 0.05) is 16.2 Å². The molecule has 1 N–H and O–H groups in total. The summed E-state index contributed by atoms with van der Waals surface area (Å²) >= 11 is 14.9. The summed E-state index contributed by atoms with van der Waals surface area (Å²) < 4.78 is 27.8. The van der Waals surface area contributed by atoms with E-state index in [4.69, 9.17) is 23.2 Å². The lowest BCUT2D eigenvalue weighted by molar-refractivity contribution is 0.449. The second-order valence-electron chi connectivity index (χ2n) is 3.96. The van der Waals surface area contributed by atoms with E-state index in [0.717, 1.165) is 4.47 Å². The van der Waals surface area contributed by atoms with Gasteiger partial charge < -0.3 is 0 Å². The molecule has 0 aliphatic rings. The van der Waals surface area contributed by atoms with Gasteiger partial charge in [0.2, 0.25) is 10.0 Å². The number of halogens is 3. The van der Waals surface area contributed by atoms with Crippen molar-refractivity contribution in [3.63, 3.8) is 0 Å². The molecule has 1 aromatic rings. The highest BCUT2D eigenvalue weighted by Gasteiger charge is 2.32. The summed E-state index contributed by atoms with van der Waals surface area (Å²) in [4.78, 5) is 0.193. The van der Waals surface area contributed by atoms with E-state index in [9.17, 15) is 8.42 Å². The minimum atomic E-state index is -3.61. The van der Waals surface area contributed by atoms with Crippen LogP contribution >= 0.6 is 39.1 Å². The van der Waals surface area contributed by atoms with Crippen LogP contribution < -0.4 is 4.72 Å². The molecular formula is C11H14BrCl2NO2S. The Kier molecular flexibility index (Phi) is 5.93. The van der Waals surface area contributed by atoms with Gasteiger partial charge in [-0.3, -0.25) is 0 Å². The highest BCUT2D eigenvalue weighted by Crippen LogP contribution is 2.20. The first-order valence-electron chi connectivity index (χ1n) is 5.30. The molecule has 0 unspecified atom stereocenters. The summed E-state index contributed by atoms with van der Waals surface area (Å²) in [5.41, 5.74) is -0.810. The molecule has 0 saturated heterocycles. The molecular weight excluding hydrogens is 361 g/mol. The molecule has 1 rings (SSSR count). The van der Waals surface area contributed by atoms with Gasteiger partial charge in [-0.1, -0.05) is 22.9 Å². The average Bonchev–Trinajstić information content (AvgIpc) is 2.37. The third-order valence-electron chi connectivity index (χ3n) is 2.66. The first-order chi connectivity index (χ1) is 8.39. The van der Waals surface area contributed by atoms with Gasteiger partial charge in [-0.2, -0.15) is 0 Å². The SMILES string of the molecule is CCC(CCl)(CCl)NS(=O)(=O)c1ccc(Br)cc1. The summed E-state index contributed by atoms with van der Waals surface area (Å²) in [6.45, 7) is 1.84. The molecule has 0 spiro atoms. The standard InChI is InChI=1S/C11H14BrCl2NO2S/c1-2-11(7-13,8-14)15-18(16,17)10-5-3-9(12)4-6-10/h3-6,15H,2,7-8H2,1H3. The highest BCUT2D eigenvalue weighted by atomic mass is 79.9.